The van der Waals surface area contributed by atoms with Crippen LogP contribution in [0, 0.1) is 11.3 Å². The molecule has 0 spiro atoms. The topological polar surface area (TPSA) is 77.2 Å². The lowest BCUT2D eigenvalue weighted by Crippen LogP contribution is -2.51. The largest absolute Gasteiger partial charge is 0.453 e. The molecule has 1 aliphatic heterocycles. The Morgan fingerprint density at radius 1 is 1.36 bits per heavy atom. The molecule has 3 fully saturated rings. The van der Waals surface area contributed by atoms with Crippen LogP contribution < -0.4 is 5.73 Å². The summed E-state index contributed by atoms with van der Waals surface area (Å²) >= 11 is 0. The van der Waals surface area contributed by atoms with E-state index in [-0.39, 0.29) is 24.5 Å². The lowest BCUT2D eigenvalue weighted by Gasteiger charge is -2.33. The monoisotopic (exact) mass is 475 g/mol. The standard InChI is InChI=1S/C23H33F4N3O3/c1-4-6-19(29-12-15(24)5-2)22-8-7-16(9-14(22)11-22)33-13-18-17(28)10-20(23(25,26)27)30(18)21(31)32-3/h5,12,14,16-18,20H,2,4,6-11,13,28H2,1,3H3/b15-12+,29-19?. The van der Waals surface area contributed by atoms with Crippen molar-refractivity contribution in [3.05, 3.63) is 24.7 Å². The fraction of sp³-hybridized carbons (Fsp3) is 0.739. The summed E-state index contributed by atoms with van der Waals surface area (Å²) in [6.07, 6.45) is 1.11. The highest BCUT2D eigenvalue weighted by Gasteiger charge is 2.60. The van der Waals surface area contributed by atoms with E-state index in [1.54, 1.807) is 0 Å². The maximum atomic E-state index is 13.5. The average Bonchev–Trinajstić information content (AvgIpc) is 3.41. The number of rotatable bonds is 8. The number of nitrogens with zero attached hydrogens (tertiary/aromatic N) is 2. The van der Waals surface area contributed by atoms with Gasteiger partial charge in [0.1, 0.15) is 11.9 Å². The van der Waals surface area contributed by atoms with Crippen molar-refractivity contribution in [2.45, 2.75) is 82.3 Å². The zero-order valence-electron chi connectivity index (χ0n) is 19.1. The van der Waals surface area contributed by atoms with Gasteiger partial charge in [0, 0.05) is 17.2 Å². The predicted molar refractivity (Wildman–Crippen MR) is 116 cm³/mol. The van der Waals surface area contributed by atoms with Crippen molar-refractivity contribution in [3.8, 4) is 0 Å². The van der Waals surface area contributed by atoms with E-state index in [1.165, 1.54) is 6.20 Å². The number of alkyl halides is 3. The molecule has 6 atom stereocenters. The Hall–Kier alpha value is -1.94. The first-order valence-corrected chi connectivity index (χ1v) is 11.4. The molecular formula is C23H33F4N3O3. The molecule has 1 heterocycles. The van der Waals surface area contributed by atoms with Crippen LogP contribution in [0.15, 0.2) is 29.7 Å². The minimum Gasteiger partial charge on any atom is -0.453 e. The number of hydrogen-bond acceptors (Lipinski definition) is 5. The Kier molecular flexibility index (Phi) is 7.88. The van der Waals surface area contributed by atoms with Gasteiger partial charge in [-0.3, -0.25) is 9.89 Å². The highest BCUT2D eigenvalue weighted by atomic mass is 19.4. The van der Waals surface area contributed by atoms with Crippen molar-refractivity contribution in [1.82, 2.24) is 4.90 Å². The highest BCUT2D eigenvalue weighted by Crippen LogP contribution is 2.63. The molecule has 6 nitrogen and oxygen atoms in total. The molecule has 0 radical (unpaired) electrons. The van der Waals surface area contributed by atoms with Crippen LogP contribution in [0.2, 0.25) is 0 Å². The Bertz CT molecular complexity index is 800. The lowest BCUT2D eigenvalue weighted by atomic mass is 9.81. The maximum Gasteiger partial charge on any atom is 0.410 e. The third kappa shape index (κ3) is 5.42. The minimum atomic E-state index is -4.59. The fourth-order valence-corrected chi connectivity index (χ4v) is 5.43. The van der Waals surface area contributed by atoms with E-state index < -0.39 is 36.2 Å². The number of nitrogens with two attached hydrogens (primary N) is 1. The number of fused-ring (bicyclic) bond motifs is 1. The van der Waals surface area contributed by atoms with Crippen molar-refractivity contribution < 1.29 is 31.8 Å². The molecule has 186 valence electrons. The summed E-state index contributed by atoms with van der Waals surface area (Å²) in [5, 5.41) is 0. The molecule has 10 heteroatoms. The van der Waals surface area contributed by atoms with Gasteiger partial charge < -0.3 is 15.2 Å². The minimum absolute atomic E-state index is 0.0446. The number of methoxy groups -OCH3 is 1. The number of allylic oxidation sites excluding steroid dienone is 2. The molecule has 0 bridgehead atoms. The van der Waals surface area contributed by atoms with Gasteiger partial charge in [-0.1, -0.05) is 19.9 Å². The van der Waals surface area contributed by atoms with Gasteiger partial charge in [-0.05, 0) is 50.5 Å². The van der Waals surface area contributed by atoms with Gasteiger partial charge in [0.2, 0.25) is 0 Å². The molecule has 0 aromatic rings. The second-order valence-corrected chi connectivity index (χ2v) is 9.23. The molecule has 0 aromatic heterocycles. The van der Waals surface area contributed by atoms with E-state index in [0.717, 1.165) is 57.4 Å². The lowest BCUT2D eigenvalue weighted by molar-refractivity contribution is -0.175. The van der Waals surface area contributed by atoms with Crippen molar-refractivity contribution in [3.63, 3.8) is 0 Å². The van der Waals surface area contributed by atoms with E-state index >= 15 is 0 Å². The normalized spacial score (nSPS) is 34.8. The molecule has 2 N–H and O–H groups in total. The smallest absolute Gasteiger partial charge is 0.410 e. The summed E-state index contributed by atoms with van der Waals surface area (Å²) in [5.74, 6) is -0.131. The Morgan fingerprint density at radius 3 is 2.67 bits per heavy atom. The summed E-state index contributed by atoms with van der Waals surface area (Å²) in [4.78, 5) is 17.2. The van der Waals surface area contributed by atoms with Gasteiger partial charge in [-0.2, -0.15) is 13.2 Å². The van der Waals surface area contributed by atoms with Gasteiger partial charge in [0.15, 0.2) is 0 Å². The van der Waals surface area contributed by atoms with E-state index in [9.17, 15) is 22.4 Å². The Balaban J connectivity index is 1.62. The number of carbonyl (C=O) groups excluding carboxylic acids is 1. The van der Waals surface area contributed by atoms with Crippen LogP contribution in [0.25, 0.3) is 0 Å². The van der Waals surface area contributed by atoms with Gasteiger partial charge >= 0.3 is 12.3 Å². The van der Waals surface area contributed by atoms with E-state index in [4.69, 9.17) is 10.5 Å². The molecule has 0 aromatic carbocycles. The van der Waals surface area contributed by atoms with Crippen LogP contribution in [0.5, 0.6) is 0 Å². The quantitative estimate of drug-likeness (QED) is 0.308. The summed E-state index contributed by atoms with van der Waals surface area (Å²) in [6, 6.07) is -3.74. The number of likely N-dealkylation sites (tertiary alicyclic amines) is 1. The number of hydrogen-bond donors (Lipinski definition) is 1. The molecular weight excluding hydrogens is 442 g/mol. The second-order valence-electron chi connectivity index (χ2n) is 9.23. The zero-order valence-corrected chi connectivity index (χ0v) is 19.1. The van der Waals surface area contributed by atoms with E-state index in [1.807, 2.05) is 0 Å². The highest BCUT2D eigenvalue weighted by molar-refractivity contribution is 5.93. The Labute approximate surface area is 191 Å². The van der Waals surface area contributed by atoms with Gasteiger partial charge in [-0.25, -0.2) is 9.18 Å². The Morgan fingerprint density at radius 2 is 2.09 bits per heavy atom. The van der Waals surface area contributed by atoms with Gasteiger partial charge in [0.05, 0.1) is 32.1 Å². The summed E-state index contributed by atoms with van der Waals surface area (Å²) < 4.78 is 64.4. The summed E-state index contributed by atoms with van der Waals surface area (Å²) in [5.41, 5.74) is 6.92. The zero-order chi connectivity index (χ0) is 24.4. The first-order chi connectivity index (χ1) is 15.6. The van der Waals surface area contributed by atoms with Crippen LogP contribution >= 0.6 is 0 Å². The van der Waals surface area contributed by atoms with E-state index in [0.29, 0.717) is 10.8 Å². The molecule has 3 aliphatic rings. The number of ether oxygens (including phenoxy) is 2. The van der Waals surface area contributed by atoms with Crippen molar-refractivity contribution in [2.24, 2.45) is 22.1 Å². The van der Waals surface area contributed by atoms with Crippen LogP contribution in [0.4, 0.5) is 22.4 Å². The van der Waals surface area contributed by atoms with Crippen molar-refractivity contribution in [2.75, 3.05) is 13.7 Å². The van der Waals surface area contributed by atoms with Crippen LogP contribution in [0.1, 0.15) is 51.9 Å². The maximum absolute atomic E-state index is 13.5. The first kappa shape index (κ1) is 25.7. The van der Waals surface area contributed by atoms with Crippen LogP contribution in [-0.2, 0) is 9.47 Å². The van der Waals surface area contributed by atoms with Gasteiger partial charge in [0.25, 0.3) is 0 Å². The van der Waals surface area contributed by atoms with E-state index in [2.05, 4.69) is 23.2 Å². The molecule has 1 saturated heterocycles. The fourth-order valence-electron chi connectivity index (χ4n) is 5.43. The third-order valence-corrected chi connectivity index (χ3v) is 7.24. The molecule has 2 aliphatic carbocycles. The van der Waals surface area contributed by atoms with Gasteiger partial charge in [-0.15, -0.1) is 0 Å². The van der Waals surface area contributed by atoms with Crippen molar-refractivity contribution >= 4 is 11.8 Å². The number of carbonyl (C=O) groups is 1. The summed E-state index contributed by atoms with van der Waals surface area (Å²) in [7, 11) is 1.05. The number of halogens is 4. The number of amides is 1. The SMILES string of the molecule is C=C/C(F)=C\N=C(CCC)C12CCC(OCC3C(N)CC(C(F)(F)F)N3C(=O)OC)CC1C2. The molecule has 2 saturated carbocycles. The van der Waals surface area contributed by atoms with Crippen molar-refractivity contribution in [1.29, 1.82) is 0 Å². The molecule has 6 unspecified atom stereocenters. The summed E-state index contributed by atoms with van der Waals surface area (Å²) in [6.45, 7) is 5.38. The first-order valence-electron chi connectivity index (χ1n) is 11.4. The second kappa shape index (κ2) is 10.1. The third-order valence-electron chi connectivity index (χ3n) is 7.24. The molecule has 3 rings (SSSR count). The predicted octanol–water partition coefficient (Wildman–Crippen LogP) is 4.90. The average molecular weight is 476 g/mol. The molecule has 1 amide bonds. The molecule has 33 heavy (non-hydrogen) atoms. The van der Waals surface area contributed by atoms with Crippen LogP contribution in [-0.4, -0.2) is 60.8 Å². The number of aliphatic imine (C=N–C) groups is 1. The van der Waals surface area contributed by atoms with Crippen LogP contribution in [0.3, 0.4) is 0 Å².